The summed E-state index contributed by atoms with van der Waals surface area (Å²) < 4.78 is 15.8. The van der Waals surface area contributed by atoms with E-state index >= 15 is 0 Å². The van der Waals surface area contributed by atoms with Gasteiger partial charge in [-0.1, -0.05) is 31.8 Å². The Morgan fingerprint density at radius 3 is 2.21 bits per heavy atom. The van der Waals surface area contributed by atoms with E-state index in [1.165, 1.54) is 7.05 Å². The Morgan fingerprint density at radius 1 is 1.18 bits per heavy atom. The van der Waals surface area contributed by atoms with Gasteiger partial charge < -0.3 is 24.2 Å². The van der Waals surface area contributed by atoms with Gasteiger partial charge in [0.2, 0.25) is 11.2 Å². The number of carbonyl (C=O) groups excluding carboxylic acids is 2. The van der Waals surface area contributed by atoms with Crippen molar-refractivity contribution in [2.45, 2.75) is 64.5 Å². The number of aliphatic hydroxyl groups excluding tert-OH is 1. The molecule has 1 aromatic carbocycles. The first kappa shape index (κ1) is 28.0. The molecule has 0 aliphatic heterocycles. The molecule has 1 rings (SSSR count). The Labute approximate surface area is 197 Å². The van der Waals surface area contributed by atoms with Crippen LogP contribution < -0.4 is 4.74 Å². The molecule has 0 aliphatic rings. The topological polar surface area (TPSA) is 113 Å². The lowest BCUT2D eigenvalue weighted by Crippen LogP contribution is -2.43. The number of benzene rings is 1. The number of hydrogen-bond donors (Lipinski definition) is 1. The van der Waals surface area contributed by atoms with Gasteiger partial charge in [0.25, 0.3) is 0 Å². The zero-order valence-corrected chi connectivity index (χ0v) is 21.8. The molecule has 0 radical (unpaired) electrons. The normalized spacial score (nSPS) is 13.3. The summed E-state index contributed by atoms with van der Waals surface area (Å²) in [7, 11) is 1.52. The lowest BCUT2D eigenvalue weighted by Gasteiger charge is -2.29. The number of methoxy groups -OCH3 is 1. The van der Waals surface area contributed by atoms with Crippen molar-refractivity contribution >= 4 is 20.1 Å². The van der Waals surface area contributed by atoms with Crippen LogP contribution in [0.15, 0.2) is 35.7 Å². The Bertz CT molecular complexity index is 895. The van der Waals surface area contributed by atoms with Crippen molar-refractivity contribution < 1.29 is 28.9 Å². The maximum absolute atomic E-state index is 12.7. The van der Waals surface area contributed by atoms with Crippen LogP contribution in [0.1, 0.15) is 26.3 Å². The van der Waals surface area contributed by atoms with Crippen LogP contribution in [0.2, 0.25) is 25.7 Å². The fourth-order valence-corrected chi connectivity index (χ4v) is 3.45. The number of hydrogen-bond acceptors (Lipinski definition) is 7. The number of aliphatic hydroxyl groups is 1. The number of ether oxygens (including phenoxy) is 3. The van der Waals surface area contributed by atoms with Gasteiger partial charge in [-0.25, -0.2) is 9.59 Å². The fourth-order valence-electron chi connectivity index (χ4n) is 2.74. The molecule has 0 bridgehead atoms. The van der Waals surface area contributed by atoms with E-state index in [1.54, 1.807) is 52.1 Å². The minimum Gasteiger partial charge on any atom is -0.503 e. The Kier molecular flexibility index (Phi) is 9.92. The lowest BCUT2D eigenvalue weighted by atomic mass is 10.0. The first-order chi connectivity index (χ1) is 15.2. The van der Waals surface area contributed by atoms with Crippen LogP contribution in [0.4, 0.5) is 4.79 Å². The van der Waals surface area contributed by atoms with Crippen LogP contribution in [0.5, 0.6) is 5.75 Å². The van der Waals surface area contributed by atoms with Gasteiger partial charge in [-0.05, 0) is 44.5 Å². The number of carbonyl (C=O) groups is 2. The smallest absolute Gasteiger partial charge is 0.503 e. The van der Waals surface area contributed by atoms with Crippen LogP contribution >= 0.6 is 0 Å². The third-order valence-electron chi connectivity index (χ3n) is 4.67. The molecule has 0 heterocycles. The average Bonchev–Trinajstić information content (AvgIpc) is 2.70. The van der Waals surface area contributed by atoms with Crippen molar-refractivity contribution in [3.8, 4) is 5.75 Å². The highest BCUT2D eigenvalue weighted by Crippen LogP contribution is 2.22. The first-order valence-corrected chi connectivity index (χ1v) is 14.4. The second-order valence-corrected chi connectivity index (χ2v) is 15.6. The zero-order chi connectivity index (χ0) is 25.4. The summed E-state index contributed by atoms with van der Waals surface area (Å²) in [6, 6.07) is 6.67. The molecule has 0 aliphatic carbocycles. The van der Waals surface area contributed by atoms with Gasteiger partial charge in [0.15, 0.2) is 4.98 Å². The average molecular weight is 479 g/mol. The number of rotatable bonds is 9. The Morgan fingerprint density at radius 2 is 1.76 bits per heavy atom. The van der Waals surface area contributed by atoms with E-state index < -0.39 is 43.2 Å². The molecule has 9 nitrogen and oxygen atoms in total. The van der Waals surface area contributed by atoms with Gasteiger partial charge in [-0.15, -0.1) is 0 Å². The van der Waals surface area contributed by atoms with Crippen molar-refractivity contribution in [1.29, 1.82) is 5.39 Å². The van der Waals surface area contributed by atoms with Crippen LogP contribution in [-0.2, 0) is 20.7 Å². The number of nitrogens with zero attached hydrogens (tertiary/aromatic N) is 3. The van der Waals surface area contributed by atoms with E-state index in [1.807, 2.05) is 0 Å². The van der Waals surface area contributed by atoms with Gasteiger partial charge in [-0.2, -0.15) is 0 Å². The summed E-state index contributed by atoms with van der Waals surface area (Å²) in [5.74, 6) is -0.919. The molecule has 10 heteroatoms. The Balaban J connectivity index is 3.28. The maximum atomic E-state index is 12.7. The second-order valence-electron chi connectivity index (χ2n) is 9.94. The molecule has 0 saturated carbocycles. The minimum atomic E-state index is -1.46. The summed E-state index contributed by atoms with van der Waals surface area (Å²) in [6.07, 6.45) is -0.593. The number of esters is 1. The van der Waals surface area contributed by atoms with Crippen LogP contribution in [0.25, 0.3) is 4.98 Å². The van der Waals surface area contributed by atoms with Gasteiger partial charge in [0, 0.05) is 21.5 Å². The quantitative estimate of drug-likeness (QED) is 0.175. The van der Waals surface area contributed by atoms with Crippen LogP contribution in [-0.4, -0.2) is 62.6 Å². The van der Waals surface area contributed by atoms with Gasteiger partial charge >= 0.3 is 17.8 Å². The molecule has 182 valence electrons. The first-order valence-electron chi connectivity index (χ1n) is 10.7. The Hall–Kier alpha value is -3.06. The standard InChI is InChI=1S/C23H35N3O6Si/c1-23(2,3)32-22(29)26(4)18(15-16-9-11-17(30-5)12-10-16)20(27)19(25-24)21(28)31-13-14-33(6,7)8/h9-12,18H,13-15H2,1-8H3/p+1/t18-/m1/s1. The molecule has 0 spiro atoms. The SMILES string of the molecule is COc1ccc(C[C@H](/C(O)=C(\[N+]#N)C(=O)OCC[Si](C)(C)C)N(C)C(=O)OC(C)(C)C)cc1. The molecule has 0 fully saturated rings. The van der Waals surface area contributed by atoms with Crippen molar-refractivity contribution in [3.05, 3.63) is 46.3 Å². The van der Waals surface area contributed by atoms with Crippen LogP contribution in [0, 0.1) is 5.39 Å². The summed E-state index contributed by atoms with van der Waals surface area (Å²) >= 11 is 0. The molecule has 0 unspecified atom stereocenters. The highest BCUT2D eigenvalue weighted by molar-refractivity contribution is 6.76. The molecule has 0 saturated heterocycles. The lowest BCUT2D eigenvalue weighted by molar-refractivity contribution is -0.138. The second kappa shape index (κ2) is 11.7. The number of likely N-dealkylation sites (N-methyl/N-ethyl adjacent to an activating group) is 1. The summed E-state index contributed by atoms with van der Waals surface area (Å²) in [5.41, 5.74) is -0.679. The third-order valence-corrected chi connectivity index (χ3v) is 6.38. The van der Waals surface area contributed by atoms with Crippen molar-refractivity contribution in [2.75, 3.05) is 20.8 Å². The highest BCUT2D eigenvalue weighted by atomic mass is 28.3. The van der Waals surface area contributed by atoms with E-state index in [0.29, 0.717) is 11.8 Å². The van der Waals surface area contributed by atoms with E-state index in [9.17, 15) is 20.1 Å². The predicted octanol–water partition coefficient (Wildman–Crippen LogP) is 4.98. The van der Waals surface area contributed by atoms with Gasteiger partial charge in [-0.3, -0.25) is 0 Å². The van der Waals surface area contributed by atoms with Gasteiger partial charge in [0.05, 0.1) is 13.7 Å². The van der Waals surface area contributed by atoms with Crippen molar-refractivity contribution in [2.24, 2.45) is 0 Å². The van der Waals surface area contributed by atoms with E-state index in [0.717, 1.165) is 10.5 Å². The third kappa shape index (κ3) is 9.53. The molecule has 1 N–H and O–H groups in total. The minimum absolute atomic E-state index is 0.118. The maximum Gasteiger partial charge on any atom is 0.507 e. The fraction of sp³-hybridized carbons (Fsp3) is 0.565. The van der Waals surface area contributed by atoms with E-state index in [2.05, 4.69) is 24.6 Å². The monoisotopic (exact) mass is 478 g/mol. The molecule has 1 atom stereocenters. The molecular formula is C23H36N3O6Si+. The summed E-state index contributed by atoms with van der Waals surface area (Å²) in [4.78, 5) is 29.4. The van der Waals surface area contributed by atoms with Crippen molar-refractivity contribution in [3.63, 3.8) is 0 Å². The molecule has 1 amide bonds. The summed E-state index contributed by atoms with van der Waals surface area (Å²) in [6.45, 7) is 11.7. The number of diazo groups is 1. The van der Waals surface area contributed by atoms with E-state index in [-0.39, 0.29) is 13.0 Å². The van der Waals surface area contributed by atoms with Crippen molar-refractivity contribution in [1.82, 2.24) is 4.90 Å². The zero-order valence-electron chi connectivity index (χ0n) is 20.8. The van der Waals surface area contributed by atoms with Gasteiger partial charge in [0.1, 0.15) is 17.4 Å². The molecule has 0 aromatic heterocycles. The highest BCUT2D eigenvalue weighted by Gasteiger charge is 2.39. The molecular weight excluding hydrogens is 442 g/mol. The molecule has 33 heavy (non-hydrogen) atoms. The molecule has 1 aromatic rings. The van der Waals surface area contributed by atoms with Crippen LogP contribution in [0.3, 0.4) is 0 Å². The largest absolute Gasteiger partial charge is 0.507 e. The number of amides is 1. The summed E-state index contributed by atoms with van der Waals surface area (Å²) in [5, 5.41) is 20.4. The predicted molar refractivity (Wildman–Crippen MR) is 128 cm³/mol. The van der Waals surface area contributed by atoms with E-state index in [4.69, 9.17) is 14.2 Å².